The van der Waals surface area contributed by atoms with Crippen LogP contribution in [-0.4, -0.2) is 33.3 Å². The number of nitrogens with one attached hydrogen (secondary N) is 1. The zero-order valence-electron chi connectivity index (χ0n) is 10.0. The Labute approximate surface area is 103 Å². The Bertz CT molecular complexity index is 484. The van der Waals surface area contributed by atoms with E-state index in [1.807, 2.05) is 0 Å². The van der Waals surface area contributed by atoms with Gasteiger partial charge in [0.05, 0.1) is 22.6 Å². The van der Waals surface area contributed by atoms with Gasteiger partial charge in [0.2, 0.25) is 0 Å². The van der Waals surface area contributed by atoms with Crippen molar-refractivity contribution >= 4 is 17.3 Å². The fourth-order valence-electron chi connectivity index (χ4n) is 1.34. The molecular weight excluding hydrogens is 240 g/mol. The molecule has 98 valence electrons. The number of hydrogen-bond acceptors (Lipinski definition) is 5. The Balaban J connectivity index is 3.20. The first-order chi connectivity index (χ1) is 8.26. The number of nitrogens with zero attached hydrogens (tertiary/aromatic N) is 1. The molecule has 0 atom stereocenters. The Morgan fingerprint density at radius 3 is 2.56 bits per heavy atom. The molecule has 0 radical (unpaired) electrons. The van der Waals surface area contributed by atoms with Gasteiger partial charge in [0.1, 0.15) is 0 Å². The average Bonchev–Trinajstić information content (AvgIpc) is 2.28. The summed E-state index contributed by atoms with van der Waals surface area (Å²) in [6.07, 6.45) is 0. The molecule has 0 aliphatic rings. The number of non-ortho nitro benzene ring substituents is 1. The zero-order chi connectivity index (χ0) is 13.9. The van der Waals surface area contributed by atoms with Crippen LogP contribution in [0.3, 0.4) is 0 Å². The van der Waals surface area contributed by atoms with Gasteiger partial charge < -0.3 is 15.5 Å². The van der Waals surface area contributed by atoms with Crippen molar-refractivity contribution in [3.05, 3.63) is 33.9 Å². The molecule has 0 aliphatic carbocycles. The van der Waals surface area contributed by atoms with Gasteiger partial charge in [0.15, 0.2) is 0 Å². The normalized spacial score (nSPS) is 11.1. The van der Waals surface area contributed by atoms with Crippen LogP contribution in [0, 0.1) is 10.1 Å². The smallest absolute Gasteiger partial charge is 0.338 e. The second-order valence-corrected chi connectivity index (χ2v) is 4.46. The Morgan fingerprint density at radius 2 is 2.11 bits per heavy atom. The van der Waals surface area contributed by atoms with Crippen molar-refractivity contribution in [1.82, 2.24) is 0 Å². The number of carboxylic acid groups (broad SMARTS) is 1. The number of nitro groups is 1. The van der Waals surface area contributed by atoms with Gasteiger partial charge in [-0.25, -0.2) is 4.79 Å². The Kier molecular flexibility index (Phi) is 3.87. The number of nitro benzene ring substituents is 1. The molecule has 0 aliphatic heterocycles. The van der Waals surface area contributed by atoms with Crippen molar-refractivity contribution in [2.45, 2.75) is 19.4 Å². The van der Waals surface area contributed by atoms with Crippen LogP contribution in [0.5, 0.6) is 0 Å². The van der Waals surface area contributed by atoms with Crippen LogP contribution >= 0.6 is 0 Å². The minimum atomic E-state index is -1.27. The number of rotatable bonds is 5. The predicted octanol–water partition coefficient (Wildman–Crippen LogP) is 1.48. The predicted molar refractivity (Wildman–Crippen MR) is 64.8 cm³/mol. The largest absolute Gasteiger partial charge is 0.478 e. The van der Waals surface area contributed by atoms with Crippen molar-refractivity contribution in [2.75, 3.05) is 11.9 Å². The van der Waals surface area contributed by atoms with Crippen molar-refractivity contribution in [3.8, 4) is 0 Å². The van der Waals surface area contributed by atoms with Gasteiger partial charge in [0.25, 0.3) is 5.69 Å². The van der Waals surface area contributed by atoms with Crippen molar-refractivity contribution in [2.24, 2.45) is 0 Å². The van der Waals surface area contributed by atoms with Gasteiger partial charge in [-0.15, -0.1) is 0 Å². The molecule has 0 aromatic heterocycles. The second-order valence-electron chi connectivity index (χ2n) is 4.46. The standard InChI is InChI=1S/C11H14N2O5/c1-11(2,6-14)12-9-4-3-7(13(17)18)5-8(9)10(15)16/h3-5,12,14H,6H2,1-2H3,(H,15,16). The number of aliphatic hydroxyl groups is 1. The van der Waals surface area contributed by atoms with E-state index in [-0.39, 0.29) is 23.5 Å². The first kappa shape index (κ1) is 13.9. The molecule has 1 aromatic carbocycles. The topological polar surface area (TPSA) is 113 Å². The molecule has 0 spiro atoms. The number of hydrogen-bond donors (Lipinski definition) is 3. The third kappa shape index (κ3) is 3.17. The molecule has 1 rings (SSSR count). The molecule has 18 heavy (non-hydrogen) atoms. The fourth-order valence-corrected chi connectivity index (χ4v) is 1.34. The van der Waals surface area contributed by atoms with E-state index in [4.69, 9.17) is 10.2 Å². The summed E-state index contributed by atoms with van der Waals surface area (Å²) < 4.78 is 0. The summed E-state index contributed by atoms with van der Waals surface area (Å²) in [5, 5.41) is 31.5. The molecule has 0 amide bonds. The highest BCUT2D eigenvalue weighted by Crippen LogP contribution is 2.24. The average molecular weight is 254 g/mol. The Morgan fingerprint density at radius 1 is 1.50 bits per heavy atom. The van der Waals surface area contributed by atoms with E-state index in [0.717, 1.165) is 6.07 Å². The zero-order valence-corrected chi connectivity index (χ0v) is 10.0. The summed E-state index contributed by atoms with van der Waals surface area (Å²) in [5.74, 6) is -1.27. The minimum Gasteiger partial charge on any atom is -0.478 e. The van der Waals surface area contributed by atoms with E-state index >= 15 is 0 Å². The molecule has 7 heteroatoms. The maximum absolute atomic E-state index is 11.0. The van der Waals surface area contributed by atoms with Gasteiger partial charge >= 0.3 is 5.97 Å². The summed E-state index contributed by atoms with van der Waals surface area (Å²) in [6, 6.07) is 3.51. The second kappa shape index (κ2) is 5.01. The highest BCUT2D eigenvalue weighted by molar-refractivity contribution is 5.95. The lowest BCUT2D eigenvalue weighted by Gasteiger charge is -2.25. The van der Waals surface area contributed by atoms with E-state index < -0.39 is 16.4 Å². The summed E-state index contributed by atoms with van der Waals surface area (Å²) in [5.41, 5.74) is -0.988. The number of anilines is 1. The molecule has 0 fully saturated rings. The first-order valence-corrected chi connectivity index (χ1v) is 5.17. The molecule has 0 heterocycles. The van der Waals surface area contributed by atoms with Crippen molar-refractivity contribution in [3.63, 3.8) is 0 Å². The molecular formula is C11H14N2O5. The lowest BCUT2D eigenvalue weighted by Crippen LogP contribution is -2.35. The van der Waals surface area contributed by atoms with Crippen LogP contribution < -0.4 is 5.32 Å². The van der Waals surface area contributed by atoms with Crippen LogP contribution in [0.1, 0.15) is 24.2 Å². The molecule has 0 saturated carbocycles. The third-order valence-corrected chi connectivity index (χ3v) is 2.31. The summed E-state index contributed by atoms with van der Waals surface area (Å²) >= 11 is 0. The van der Waals surface area contributed by atoms with E-state index in [1.165, 1.54) is 12.1 Å². The maximum Gasteiger partial charge on any atom is 0.338 e. The Hall–Kier alpha value is -2.15. The van der Waals surface area contributed by atoms with Gasteiger partial charge in [0, 0.05) is 17.8 Å². The fraction of sp³-hybridized carbons (Fsp3) is 0.364. The highest BCUT2D eigenvalue weighted by Gasteiger charge is 2.21. The van der Waals surface area contributed by atoms with Crippen LogP contribution in [0.15, 0.2) is 18.2 Å². The highest BCUT2D eigenvalue weighted by atomic mass is 16.6. The first-order valence-electron chi connectivity index (χ1n) is 5.17. The molecule has 7 nitrogen and oxygen atoms in total. The van der Waals surface area contributed by atoms with Crippen molar-refractivity contribution < 1.29 is 19.9 Å². The number of aromatic carboxylic acids is 1. The quantitative estimate of drug-likeness (QED) is 0.541. The summed E-state index contributed by atoms with van der Waals surface area (Å²) in [6.45, 7) is 3.16. The number of carboxylic acids is 1. The van der Waals surface area contributed by atoms with E-state index in [9.17, 15) is 14.9 Å². The van der Waals surface area contributed by atoms with Gasteiger partial charge in [-0.3, -0.25) is 10.1 Å². The number of aliphatic hydroxyl groups excluding tert-OH is 1. The molecule has 0 bridgehead atoms. The SMILES string of the molecule is CC(C)(CO)Nc1ccc([N+](=O)[O-])cc1C(=O)O. The maximum atomic E-state index is 11.0. The van der Waals surface area contributed by atoms with Crippen molar-refractivity contribution in [1.29, 1.82) is 0 Å². The van der Waals surface area contributed by atoms with Crippen LogP contribution in [0.25, 0.3) is 0 Å². The number of benzene rings is 1. The van der Waals surface area contributed by atoms with E-state index in [1.54, 1.807) is 13.8 Å². The monoisotopic (exact) mass is 254 g/mol. The molecule has 3 N–H and O–H groups in total. The van der Waals surface area contributed by atoms with Crippen LogP contribution in [0.4, 0.5) is 11.4 Å². The number of carbonyl (C=O) groups is 1. The molecule has 0 unspecified atom stereocenters. The van der Waals surface area contributed by atoms with Gasteiger partial charge in [-0.05, 0) is 19.9 Å². The molecule has 0 saturated heterocycles. The summed E-state index contributed by atoms with van der Waals surface area (Å²) in [7, 11) is 0. The summed E-state index contributed by atoms with van der Waals surface area (Å²) in [4.78, 5) is 21.0. The third-order valence-electron chi connectivity index (χ3n) is 2.31. The lowest BCUT2D eigenvalue weighted by molar-refractivity contribution is -0.384. The van der Waals surface area contributed by atoms with Crippen LogP contribution in [0.2, 0.25) is 0 Å². The van der Waals surface area contributed by atoms with Gasteiger partial charge in [-0.1, -0.05) is 0 Å². The minimum absolute atomic E-state index is 0.203. The molecule has 1 aromatic rings. The van der Waals surface area contributed by atoms with E-state index in [2.05, 4.69) is 5.32 Å². The lowest BCUT2D eigenvalue weighted by atomic mass is 10.0. The van der Waals surface area contributed by atoms with Gasteiger partial charge in [-0.2, -0.15) is 0 Å². The van der Waals surface area contributed by atoms with E-state index in [0.29, 0.717) is 0 Å². The van der Waals surface area contributed by atoms with Crippen LogP contribution in [-0.2, 0) is 0 Å².